The van der Waals surface area contributed by atoms with Crippen LogP contribution < -0.4 is 5.32 Å². The summed E-state index contributed by atoms with van der Waals surface area (Å²) < 4.78 is 31.5. The number of nitrogens with zero attached hydrogens (tertiary/aromatic N) is 2. The Morgan fingerprint density at radius 3 is 2.75 bits per heavy atom. The second-order valence-corrected chi connectivity index (χ2v) is 7.97. The number of piperazine rings is 1. The molecule has 2 heterocycles. The molecule has 0 radical (unpaired) electrons. The van der Waals surface area contributed by atoms with Gasteiger partial charge in [-0.2, -0.15) is 0 Å². The average molecular weight is 305 g/mol. The van der Waals surface area contributed by atoms with Gasteiger partial charge in [-0.15, -0.1) is 0 Å². The molecule has 1 N–H and O–H groups in total. The Morgan fingerprint density at radius 1 is 1.35 bits per heavy atom. The molecule has 0 aliphatic carbocycles. The molecule has 0 spiro atoms. The average Bonchev–Trinajstić information content (AvgIpc) is 2.47. The Hall–Kier alpha value is -0.210. The van der Waals surface area contributed by atoms with Crippen molar-refractivity contribution >= 4 is 10.0 Å². The molecule has 2 rings (SSSR count). The van der Waals surface area contributed by atoms with Crippen LogP contribution in [0.1, 0.15) is 12.8 Å². The summed E-state index contributed by atoms with van der Waals surface area (Å²) in [5.74, 6) is 0.569. The molecule has 0 saturated carbocycles. The number of ether oxygens (including phenoxy) is 1. The van der Waals surface area contributed by atoms with Crippen LogP contribution in [-0.2, 0) is 14.8 Å². The van der Waals surface area contributed by atoms with E-state index in [1.807, 2.05) is 0 Å². The van der Waals surface area contributed by atoms with Crippen molar-refractivity contribution in [3.05, 3.63) is 0 Å². The van der Waals surface area contributed by atoms with Gasteiger partial charge in [-0.25, -0.2) is 12.7 Å². The van der Waals surface area contributed by atoms with Gasteiger partial charge in [-0.05, 0) is 18.8 Å². The van der Waals surface area contributed by atoms with Crippen molar-refractivity contribution < 1.29 is 13.2 Å². The van der Waals surface area contributed by atoms with E-state index in [4.69, 9.17) is 4.74 Å². The van der Waals surface area contributed by atoms with E-state index in [0.717, 1.165) is 45.6 Å². The molecule has 0 aromatic carbocycles. The van der Waals surface area contributed by atoms with Crippen molar-refractivity contribution in [3.63, 3.8) is 0 Å². The molecule has 2 aliphatic rings. The molecule has 0 amide bonds. The number of sulfonamides is 1. The summed E-state index contributed by atoms with van der Waals surface area (Å²) in [6.45, 7) is 6.52. The number of nitrogens with one attached hydrogen (secondary N) is 1. The highest BCUT2D eigenvalue weighted by Gasteiger charge is 2.24. The fraction of sp³-hybridized carbons (Fsp3) is 1.00. The van der Waals surface area contributed by atoms with Gasteiger partial charge in [0.1, 0.15) is 0 Å². The summed E-state index contributed by atoms with van der Waals surface area (Å²) in [6, 6.07) is 0. The summed E-state index contributed by atoms with van der Waals surface area (Å²) in [5.41, 5.74) is 0. The van der Waals surface area contributed by atoms with Gasteiger partial charge in [0.2, 0.25) is 10.0 Å². The van der Waals surface area contributed by atoms with Crippen LogP contribution in [0.3, 0.4) is 0 Å². The predicted molar refractivity (Wildman–Crippen MR) is 79.3 cm³/mol. The Labute approximate surface area is 122 Å². The Kier molecular flexibility index (Phi) is 6.22. The van der Waals surface area contributed by atoms with Crippen molar-refractivity contribution in [1.29, 1.82) is 0 Å². The SMILES string of the molecule is CN(CC1CCCOC1)S(=O)(=O)CCN1CCNCC1. The molecule has 2 fully saturated rings. The molecule has 7 heteroatoms. The van der Waals surface area contributed by atoms with E-state index in [1.54, 1.807) is 7.05 Å². The molecule has 118 valence electrons. The van der Waals surface area contributed by atoms with E-state index in [0.29, 0.717) is 25.6 Å². The van der Waals surface area contributed by atoms with Crippen molar-refractivity contribution in [2.24, 2.45) is 5.92 Å². The second-order valence-electron chi connectivity index (χ2n) is 5.77. The molecular weight excluding hydrogens is 278 g/mol. The molecule has 0 aromatic rings. The van der Waals surface area contributed by atoms with E-state index >= 15 is 0 Å². The van der Waals surface area contributed by atoms with Crippen molar-refractivity contribution in [2.45, 2.75) is 12.8 Å². The minimum Gasteiger partial charge on any atom is -0.381 e. The lowest BCUT2D eigenvalue weighted by atomic mass is 10.0. The van der Waals surface area contributed by atoms with E-state index in [2.05, 4.69) is 10.2 Å². The number of hydrogen-bond acceptors (Lipinski definition) is 5. The fourth-order valence-electron chi connectivity index (χ4n) is 2.76. The van der Waals surface area contributed by atoms with Crippen LogP contribution in [-0.4, -0.2) is 82.9 Å². The third kappa shape index (κ3) is 4.96. The minimum absolute atomic E-state index is 0.219. The zero-order valence-corrected chi connectivity index (χ0v) is 13.2. The van der Waals surface area contributed by atoms with Crippen molar-refractivity contribution in [3.8, 4) is 0 Å². The van der Waals surface area contributed by atoms with Crippen LogP contribution in [0.4, 0.5) is 0 Å². The summed E-state index contributed by atoms with van der Waals surface area (Å²) >= 11 is 0. The maximum absolute atomic E-state index is 12.3. The first-order valence-corrected chi connectivity index (χ1v) is 9.14. The monoisotopic (exact) mass is 305 g/mol. The van der Waals surface area contributed by atoms with Gasteiger partial charge < -0.3 is 10.1 Å². The van der Waals surface area contributed by atoms with E-state index < -0.39 is 10.0 Å². The van der Waals surface area contributed by atoms with Gasteiger partial charge in [0.15, 0.2) is 0 Å². The van der Waals surface area contributed by atoms with E-state index in [1.165, 1.54) is 4.31 Å². The van der Waals surface area contributed by atoms with Crippen LogP contribution in [0.5, 0.6) is 0 Å². The van der Waals surface area contributed by atoms with Gasteiger partial charge in [-0.3, -0.25) is 4.90 Å². The Balaban J connectivity index is 1.75. The highest BCUT2D eigenvalue weighted by molar-refractivity contribution is 7.89. The lowest BCUT2D eigenvalue weighted by Crippen LogP contribution is -2.46. The first kappa shape index (κ1) is 16.2. The number of hydrogen-bond donors (Lipinski definition) is 1. The normalized spacial score (nSPS) is 26.0. The van der Waals surface area contributed by atoms with E-state index in [-0.39, 0.29) is 5.75 Å². The minimum atomic E-state index is -3.14. The summed E-state index contributed by atoms with van der Waals surface area (Å²) in [5, 5.41) is 3.27. The lowest BCUT2D eigenvalue weighted by molar-refractivity contribution is 0.0495. The quantitative estimate of drug-likeness (QED) is 0.722. The molecule has 0 bridgehead atoms. The predicted octanol–water partition coefficient (Wildman–Crippen LogP) is -0.420. The molecular formula is C13H27N3O3S. The summed E-state index contributed by atoms with van der Waals surface area (Å²) in [4.78, 5) is 2.21. The Morgan fingerprint density at radius 2 is 2.10 bits per heavy atom. The zero-order chi connectivity index (χ0) is 14.4. The molecule has 1 unspecified atom stereocenters. The summed E-state index contributed by atoms with van der Waals surface area (Å²) in [7, 11) is -1.45. The van der Waals surface area contributed by atoms with Gasteiger partial charge in [0.25, 0.3) is 0 Å². The standard InChI is InChI=1S/C13H27N3O3S/c1-15(11-13-3-2-9-19-12-13)20(17,18)10-8-16-6-4-14-5-7-16/h13-14H,2-12H2,1H3. The Bertz CT molecular complexity index is 376. The van der Waals surface area contributed by atoms with Crippen LogP contribution in [0.15, 0.2) is 0 Å². The lowest BCUT2D eigenvalue weighted by Gasteiger charge is -2.29. The van der Waals surface area contributed by atoms with Crippen LogP contribution in [0, 0.1) is 5.92 Å². The zero-order valence-electron chi connectivity index (χ0n) is 12.4. The largest absolute Gasteiger partial charge is 0.381 e. The molecule has 2 saturated heterocycles. The highest BCUT2D eigenvalue weighted by Crippen LogP contribution is 2.16. The first-order chi connectivity index (χ1) is 9.58. The smallest absolute Gasteiger partial charge is 0.215 e. The molecule has 2 aliphatic heterocycles. The molecule has 0 aromatic heterocycles. The topological polar surface area (TPSA) is 61.9 Å². The maximum Gasteiger partial charge on any atom is 0.215 e. The molecule has 1 atom stereocenters. The maximum atomic E-state index is 12.3. The van der Waals surface area contributed by atoms with E-state index in [9.17, 15) is 8.42 Å². The van der Waals surface area contributed by atoms with Gasteiger partial charge in [0.05, 0.1) is 12.4 Å². The summed E-state index contributed by atoms with van der Waals surface area (Å²) in [6.07, 6.45) is 2.11. The fourth-order valence-corrected chi connectivity index (χ4v) is 4.00. The van der Waals surface area contributed by atoms with Gasteiger partial charge >= 0.3 is 0 Å². The third-order valence-corrected chi connectivity index (χ3v) is 5.92. The first-order valence-electron chi connectivity index (χ1n) is 7.53. The number of rotatable bonds is 6. The third-order valence-electron chi connectivity index (χ3n) is 4.12. The van der Waals surface area contributed by atoms with Crippen molar-refractivity contribution in [1.82, 2.24) is 14.5 Å². The van der Waals surface area contributed by atoms with Gasteiger partial charge in [0, 0.05) is 52.9 Å². The van der Waals surface area contributed by atoms with Crippen LogP contribution in [0.25, 0.3) is 0 Å². The van der Waals surface area contributed by atoms with Crippen molar-refractivity contribution in [2.75, 3.05) is 65.3 Å². The second kappa shape index (κ2) is 7.70. The molecule has 20 heavy (non-hydrogen) atoms. The van der Waals surface area contributed by atoms with Gasteiger partial charge in [-0.1, -0.05) is 0 Å². The highest BCUT2D eigenvalue weighted by atomic mass is 32.2. The van der Waals surface area contributed by atoms with Crippen LogP contribution >= 0.6 is 0 Å². The van der Waals surface area contributed by atoms with Crippen LogP contribution in [0.2, 0.25) is 0 Å². The molecule has 6 nitrogen and oxygen atoms in total.